The van der Waals surface area contributed by atoms with Crippen LogP contribution in [-0.2, 0) is 16.1 Å². The lowest BCUT2D eigenvalue weighted by atomic mass is 10.2. The molecule has 8 nitrogen and oxygen atoms in total. The summed E-state index contributed by atoms with van der Waals surface area (Å²) in [4.78, 5) is 43.7. The van der Waals surface area contributed by atoms with Crippen molar-refractivity contribution in [3.05, 3.63) is 58.9 Å². The molecule has 10 heteroatoms. The van der Waals surface area contributed by atoms with Crippen LogP contribution in [0.3, 0.4) is 0 Å². The summed E-state index contributed by atoms with van der Waals surface area (Å²) in [6.45, 7) is 0.352. The molecule has 4 aromatic rings. The molecule has 0 bridgehead atoms. The van der Waals surface area contributed by atoms with Crippen molar-refractivity contribution >= 4 is 60.9 Å². The summed E-state index contributed by atoms with van der Waals surface area (Å²) in [5.74, 6) is 0.431. The zero-order valence-electron chi connectivity index (χ0n) is 21.2. The molecule has 0 unspecified atom stereocenters. The van der Waals surface area contributed by atoms with Gasteiger partial charge in [0.1, 0.15) is 10.4 Å². The summed E-state index contributed by atoms with van der Waals surface area (Å²) < 4.78 is 8.51. The number of thioether (sulfide) groups is 1. The van der Waals surface area contributed by atoms with E-state index in [4.69, 9.17) is 9.72 Å². The van der Waals surface area contributed by atoms with Gasteiger partial charge in [0.25, 0.3) is 5.56 Å². The van der Waals surface area contributed by atoms with E-state index in [0.717, 1.165) is 35.8 Å². The number of anilines is 1. The first-order valence-electron chi connectivity index (χ1n) is 12.8. The van der Waals surface area contributed by atoms with E-state index in [0.29, 0.717) is 46.2 Å². The lowest BCUT2D eigenvalue weighted by Crippen LogP contribution is -2.32. The molecule has 2 N–H and O–H groups in total. The predicted molar refractivity (Wildman–Crippen MR) is 153 cm³/mol. The van der Waals surface area contributed by atoms with Crippen molar-refractivity contribution in [2.75, 3.05) is 18.2 Å². The molecular formula is C28H30N4O4S2. The first kappa shape index (κ1) is 26.2. The first-order chi connectivity index (χ1) is 18.5. The molecule has 1 saturated carbocycles. The second-order valence-electron chi connectivity index (χ2n) is 9.32. The van der Waals surface area contributed by atoms with Gasteiger partial charge in [-0.05, 0) is 37.5 Å². The number of hydrogen-bond acceptors (Lipinski definition) is 7. The van der Waals surface area contributed by atoms with Gasteiger partial charge in [0, 0.05) is 29.1 Å². The number of amides is 2. The zero-order chi connectivity index (χ0) is 26.5. The lowest BCUT2D eigenvalue weighted by molar-refractivity contribution is -0.122. The Morgan fingerprint density at radius 3 is 2.68 bits per heavy atom. The summed E-state index contributed by atoms with van der Waals surface area (Å²) in [7, 11) is 1.55. The first-order valence-corrected chi connectivity index (χ1v) is 14.6. The van der Waals surface area contributed by atoms with Crippen LogP contribution in [-0.4, -0.2) is 40.3 Å². The third-order valence-corrected chi connectivity index (χ3v) is 8.79. The Morgan fingerprint density at radius 2 is 1.87 bits per heavy atom. The van der Waals surface area contributed by atoms with Gasteiger partial charge in [0.05, 0.1) is 24.1 Å². The smallest absolute Gasteiger partial charge is 0.272 e. The highest BCUT2D eigenvalue weighted by Gasteiger charge is 2.19. The number of rotatable bonds is 10. The molecule has 198 valence electrons. The average molecular weight is 551 g/mol. The van der Waals surface area contributed by atoms with Crippen molar-refractivity contribution in [3.63, 3.8) is 0 Å². The number of para-hydroxylation sites is 2. The van der Waals surface area contributed by atoms with Crippen molar-refractivity contribution in [1.29, 1.82) is 0 Å². The van der Waals surface area contributed by atoms with Crippen LogP contribution in [0.1, 0.15) is 38.5 Å². The Bertz CT molecular complexity index is 1520. The van der Waals surface area contributed by atoms with E-state index in [2.05, 4.69) is 10.6 Å². The number of thiophene rings is 1. The summed E-state index contributed by atoms with van der Waals surface area (Å²) in [6, 6.07) is 15.3. The molecule has 0 saturated heterocycles. The number of carbonyl (C=O) groups excluding carboxylic acids is 2. The Labute approximate surface area is 228 Å². The molecule has 1 aliphatic rings. The fourth-order valence-electron chi connectivity index (χ4n) is 4.79. The van der Waals surface area contributed by atoms with Crippen LogP contribution in [0, 0.1) is 0 Å². The van der Waals surface area contributed by atoms with Crippen LogP contribution in [0.15, 0.2) is 58.5 Å². The number of hydrogen-bond donors (Lipinski definition) is 2. The minimum absolute atomic E-state index is 0.0197. The standard InChI is InChI=1S/C28H30N4O4S2/c1-36-21-13-6-5-12-20(21)30-24(34)17-37-28-31-25-19-11-4-7-14-22(19)38-26(25)27(35)32(28)16-8-15-23(33)29-18-9-2-3-10-18/h4-7,11-14,18H,2-3,8-10,15-17H2,1H3,(H,29,33)(H,30,34). The third kappa shape index (κ3) is 5.86. The van der Waals surface area contributed by atoms with Crippen LogP contribution >= 0.6 is 23.1 Å². The molecule has 2 aromatic heterocycles. The third-order valence-electron chi connectivity index (χ3n) is 6.67. The van der Waals surface area contributed by atoms with Gasteiger partial charge in [-0.25, -0.2) is 4.98 Å². The molecule has 2 aromatic carbocycles. The molecule has 2 heterocycles. The summed E-state index contributed by atoms with van der Waals surface area (Å²) in [6.07, 6.45) is 5.24. The van der Waals surface area contributed by atoms with Gasteiger partial charge in [-0.15, -0.1) is 11.3 Å². The second kappa shape index (κ2) is 12.0. The SMILES string of the molecule is COc1ccccc1NC(=O)CSc1nc2c(sc3ccccc32)c(=O)n1CCCC(=O)NC1CCCC1. The fraction of sp³-hybridized carbons (Fsp3) is 0.357. The summed E-state index contributed by atoms with van der Waals surface area (Å²) >= 11 is 2.64. The van der Waals surface area contributed by atoms with E-state index >= 15 is 0 Å². The molecule has 0 spiro atoms. The van der Waals surface area contributed by atoms with Gasteiger partial charge in [-0.2, -0.15) is 0 Å². The maximum atomic E-state index is 13.6. The Balaban J connectivity index is 1.35. The number of carbonyl (C=O) groups is 2. The van der Waals surface area contributed by atoms with Crippen molar-refractivity contribution in [2.45, 2.75) is 56.3 Å². The number of nitrogens with one attached hydrogen (secondary N) is 2. The van der Waals surface area contributed by atoms with E-state index in [9.17, 15) is 14.4 Å². The van der Waals surface area contributed by atoms with Crippen molar-refractivity contribution < 1.29 is 14.3 Å². The Kier molecular flexibility index (Phi) is 8.29. The largest absolute Gasteiger partial charge is 0.495 e. The number of fused-ring (bicyclic) bond motifs is 3. The number of benzene rings is 2. The molecule has 5 rings (SSSR count). The minimum atomic E-state index is -0.230. The maximum absolute atomic E-state index is 13.6. The second-order valence-corrected chi connectivity index (χ2v) is 11.3. The van der Waals surface area contributed by atoms with Crippen LogP contribution in [0.5, 0.6) is 5.75 Å². The van der Waals surface area contributed by atoms with Crippen LogP contribution in [0.4, 0.5) is 5.69 Å². The highest BCUT2D eigenvalue weighted by Crippen LogP contribution is 2.32. The topological polar surface area (TPSA) is 102 Å². The van der Waals surface area contributed by atoms with E-state index < -0.39 is 0 Å². The molecule has 0 radical (unpaired) electrons. The van der Waals surface area contributed by atoms with Crippen molar-refractivity contribution in [1.82, 2.24) is 14.9 Å². The highest BCUT2D eigenvalue weighted by atomic mass is 32.2. The molecule has 1 aliphatic carbocycles. The molecule has 0 atom stereocenters. The maximum Gasteiger partial charge on any atom is 0.272 e. The molecule has 0 aliphatic heterocycles. The number of aromatic nitrogens is 2. The molecule has 1 fully saturated rings. The monoisotopic (exact) mass is 550 g/mol. The van der Waals surface area contributed by atoms with Gasteiger partial charge >= 0.3 is 0 Å². The van der Waals surface area contributed by atoms with E-state index in [1.165, 1.54) is 23.1 Å². The Morgan fingerprint density at radius 1 is 1.11 bits per heavy atom. The Hall–Kier alpha value is -3.37. The van der Waals surface area contributed by atoms with E-state index in [-0.39, 0.29) is 29.2 Å². The van der Waals surface area contributed by atoms with Crippen LogP contribution in [0.25, 0.3) is 20.3 Å². The normalized spacial score (nSPS) is 13.7. The van der Waals surface area contributed by atoms with E-state index in [1.807, 2.05) is 36.4 Å². The lowest BCUT2D eigenvalue weighted by Gasteiger charge is -2.14. The quantitative estimate of drug-likeness (QED) is 0.208. The van der Waals surface area contributed by atoms with Gasteiger partial charge in [-0.3, -0.25) is 19.0 Å². The molecular weight excluding hydrogens is 520 g/mol. The van der Waals surface area contributed by atoms with Crippen molar-refractivity contribution in [2.24, 2.45) is 0 Å². The van der Waals surface area contributed by atoms with Crippen LogP contribution < -0.4 is 20.9 Å². The fourth-order valence-corrected chi connectivity index (χ4v) is 6.70. The molecule has 2 amide bonds. The van der Waals surface area contributed by atoms with E-state index in [1.54, 1.807) is 23.8 Å². The van der Waals surface area contributed by atoms with Crippen molar-refractivity contribution in [3.8, 4) is 5.75 Å². The summed E-state index contributed by atoms with van der Waals surface area (Å²) in [5, 5.41) is 7.37. The highest BCUT2D eigenvalue weighted by molar-refractivity contribution is 7.99. The van der Waals surface area contributed by atoms with Gasteiger partial charge in [0.2, 0.25) is 11.8 Å². The minimum Gasteiger partial charge on any atom is -0.495 e. The van der Waals surface area contributed by atoms with Gasteiger partial charge in [-0.1, -0.05) is 54.9 Å². The van der Waals surface area contributed by atoms with Gasteiger partial charge < -0.3 is 15.4 Å². The predicted octanol–water partition coefficient (Wildman–Crippen LogP) is 5.19. The van der Waals surface area contributed by atoms with Gasteiger partial charge in [0.15, 0.2) is 5.16 Å². The number of methoxy groups -OCH3 is 1. The number of nitrogens with zero attached hydrogens (tertiary/aromatic N) is 2. The number of ether oxygens (including phenoxy) is 1. The summed E-state index contributed by atoms with van der Waals surface area (Å²) in [5.41, 5.74) is 1.09. The zero-order valence-corrected chi connectivity index (χ0v) is 22.8. The van der Waals surface area contributed by atoms with Crippen LogP contribution in [0.2, 0.25) is 0 Å². The molecule has 38 heavy (non-hydrogen) atoms. The average Bonchev–Trinajstić information content (AvgIpc) is 3.57.